The Bertz CT molecular complexity index is 1450. The Morgan fingerprint density at radius 3 is 2.69 bits per heavy atom. The third kappa shape index (κ3) is 5.35. The first-order chi connectivity index (χ1) is 17.5. The number of carbonyl (C=O) groups excluding carboxylic acids is 1. The number of nitrogens with zero attached hydrogens (tertiary/aromatic N) is 5. The number of urea groups is 1. The van der Waals surface area contributed by atoms with E-state index in [1.165, 1.54) is 21.9 Å². The number of halogens is 1. The van der Waals surface area contributed by atoms with Crippen LogP contribution in [0.5, 0.6) is 5.75 Å². The molecule has 1 aliphatic heterocycles. The largest absolute Gasteiger partial charge is 0.492 e. The fourth-order valence-corrected chi connectivity index (χ4v) is 5.17. The maximum Gasteiger partial charge on any atom is 0.322 e. The summed E-state index contributed by atoms with van der Waals surface area (Å²) in [5, 5.41) is 8.67. The third-order valence-electron chi connectivity index (χ3n) is 5.84. The zero-order chi connectivity index (χ0) is 25.1. The van der Waals surface area contributed by atoms with Crippen LogP contribution >= 0.6 is 22.9 Å². The topological polar surface area (TPSA) is 92.1 Å². The monoisotopic (exact) mass is 524 g/mol. The Morgan fingerprint density at radius 2 is 1.92 bits per heavy atom. The van der Waals surface area contributed by atoms with Crippen molar-refractivity contribution in [3.63, 3.8) is 0 Å². The van der Waals surface area contributed by atoms with E-state index >= 15 is 0 Å². The lowest BCUT2D eigenvalue weighted by Crippen LogP contribution is -2.49. The van der Waals surface area contributed by atoms with Gasteiger partial charge in [-0.3, -0.25) is 9.69 Å². The molecule has 0 bridgehead atoms. The zero-order valence-corrected chi connectivity index (χ0v) is 21.3. The van der Waals surface area contributed by atoms with Crippen molar-refractivity contribution in [2.24, 2.45) is 0 Å². The number of para-hydroxylation sites is 2. The molecule has 1 aliphatic rings. The van der Waals surface area contributed by atoms with E-state index in [0.717, 1.165) is 5.56 Å². The first-order valence-corrected chi connectivity index (χ1v) is 12.9. The molecule has 2 amide bonds. The number of nitrogens with one attached hydrogen (secondary N) is 1. The first kappa shape index (κ1) is 24.2. The fraction of sp³-hybridized carbons (Fsp3) is 0.280. The molecule has 9 nitrogen and oxygen atoms in total. The van der Waals surface area contributed by atoms with Crippen LogP contribution in [0.3, 0.4) is 0 Å². The summed E-state index contributed by atoms with van der Waals surface area (Å²) in [5.41, 5.74) is 1.97. The highest BCUT2D eigenvalue weighted by atomic mass is 35.5. The van der Waals surface area contributed by atoms with Crippen LogP contribution < -0.4 is 15.6 Å². The minimum Gasteiger partial charge on any atom is -0.492 e. The molecule has 1 saturated heterocycles. The lowest BCUT2D eigenvalue weighted by atomic mass is 10.2. The molecule has 4 aromatic rings. The Balaban J connectivity index is 1.22. The number of ether oxygens (including phenoxy) is 1. The molecule has 0 radical (unpaired) electrons. The van der Waals surface area contributed by atoms with E-state index in [1.807, 2.05) is 49.4 Å². The quantitative estimate of drug-likeness (QED) is 0.406. The van der Waals surface area contributed by atoms with Gasteiger partial charge in [0, 0.05) is 49.4 Å². The van der Waals surface area contributed by atoms with E-state index in [1.54, 1.807) is 11.0 Å². The van der Waals surface area contributed by atoms with E-state index in [-0.39, 0.29) is 11.6 Å². The van der Waals surface area contributed by atoms with Crippen molar-refractivity contribution < 1.29 is 9.53 Å². The predicted molar refractivity (Wildman–Crippen MR) is 141 cm³/mol. The number of hydrogen-bond acceptors (Lipinski definition) is 7. The van der Waals surface area contributed by atoms with Crippen LogP contribution in [0.2, 0.25) is 5.02 Å². The van der Waals surface area contributed by atoms with Crippen molar-refractivity contribution in [2.45, 2.75) is 13.5 Å². The van der Waals surface area contributed by atoms with Gasteiger partial charge in [0.2, 0.25) is 4.96 Å². The molecule has 11 heteroatoms. The number of amides is 2. The molecule has 0 saturated carbocycles. The summed E-state index contributed by atoms with van der Waals surface area (Å²) in [7, 11) is 0. The molecule has 2 aromatic carbocycles. The van der Waals surface area contributed by atoms with Gasteiger partial charge in [0.25, 0.3) is 5.56 Å². The van der Waals surface area contributed by atoms with E-state index in [9.17, 15) is 9.59 Å². The standard InChI is InChI=1S/C25H25ClN6O3S/c1-2-35-21-9-4-3-8-20(21)28-24(34)31-12-10-30(11-13-31)16-19-15-22(33)32-25(27-19)36-23(29-32)17-6-5-7-18(26)14-17/h3-9,14-15H,2,10-13,16H2,1H3,(H,28,34). The highest BCUT2D eigenvalue weighted by Crippen LogP contribution is 2.27. The van der Waals surface area contributed by atoms with Crippen molar-refractivity contribution in [3.05, 3.63) is 75.7 Å². The number of aromatic nitrogens is 3. The number of hydrogen-bond donors (Lipinski definition) is 1. The first-order valence-electron chi connectivity index (χ1n) is 11.7. The molecule has 1 fully saturated rings. The van der Waals surface area contributed by atoms with E-state index in [0.29, 0.717) is 71.5 Å². The van der Waals surface area contributed by atoms with Crippen LogP contribution in [-0.4, -0.2) is 63.2 Å². The minimum absolute atomic E-state index is 0.155. The maximum absolute atomic E-state index is 12.8. The molecule has 0 unspecified atom stereocenters. The van der Waals surface area contributed by atoms with E-state index in [4.69, 9.17) is 16.3 Å². The molecule has 0 spiro atoms. The Hall–Kier alpha value is -3.47. The molecule has 0 aliphatic carbocycles. The van der Waals surface area contributed by atoms with Gasteiger partial charge in [0.1, 0.15) is 10.8 Å². The average Bonchev–Trinajstić information content (AvgIpc) is 3.31. The number of rotatable bonds is 6. The van der Waals surface area contributed by atoms with Crippen LogP contribution in [-0.2, 0) is 6.54 Å². The maximum atomic E-state index is 12.8. The molecule has 5 rings (SSSR count). The van der Waals surface area contributed by atoms with Gasteiger partial charge in [-0.25, -0.2) is 9.78 Å². The van der Waals surface area contributed by atoms with Crippen LogP contribution in [0.4, 0.5) is 10.5 Å². The predicted octanol–water partition coefficient (Wildman–Crippen LogP) is 4.22. The van der Waals surface area contributed by atoms with Crippen molar-refractivity contribution in [3.8, 4) is 16.3 Å². The van der Waals surface area contributed by atoms with Gasteiger partial charge < -0.3 is 15.0 Å². The highest BCUT2D eigenvalue weighted by Gasteiger charge is 2.23. The second kappa shape index (κ2) is 10.7. The van der Waals surface area contributed by atoms with E-state index in [2.05, 4.69) is 20.3 Å². The van der Waals surface area contributed by atoms with Gasteiger partial charge in [-0.1, -0.05) is 47.2 Å². The lowest BCUT2D eigenvalue weighted by Gasteiger charge is -2.34. The van der Waals surface area contributed by atoms with Gasteiger partial charge in [-0.15, -0.1) is 0 Å². The summed E-state index contributed by atoms with van der Waals surface area (Å²) >= 11 is 7.45. The minimum atomic E-state index is -0.217. The summed E-state index contributed by atoms with van der Waals surface area (Å²) in [4.78, 5) is 34.7. The summed E-state index contributed by atoms with van der Waals surface area (Å²) in [6.07, 6.45) is 0. The zero-order valence-electron chi connectivity index (χ0n) is 19.7. The molecule has 3 heterocycles. The van der Waals surface area contributed by atoms with Crippen LogP contribution in [0.1, 0.15) is 12.6 Å². The van der Waals surface area contributed by atoms with Gasteiger partial charge in [-0.2, -0.15) is 9.61 Å². The van der Waals surface area contributed by atoms with Crippen molar-refractivity contribution in [1.29, 1.82) is 0 Å². The molecule has 2 aromatic heterocycles. The van der Waals surface area contributed by atoms with Crippen molar-refractivity contribution >= 4 is 39.6 Å². The summed E-state index contributed by atoms with van der Waals surface area (Å²) in [6, 6.07) is 16.1. The molecule has 186 valence electrons. The Kier molecular flexibility index (Phi) is 7.17. The number of anilines is 1. The number of piperazine rings is 1. The molecule has 1 N–H and O–H groups in total. The smallest absolute Gasteiger partial charge is 0.322 e. The number of fused-ring (bicyclic) bond motifs is 1. The molecule has 36 heavy (non-hydrogen) atoms. The van der Waals surface area contributed by atoms with Crippen LogP contribution in [0, 0.1) is 0 Å². The van der Waals surface area contributed by atoms with Gasteiger partial charge >= 0.3 is 6.03 Å². The average molecular weight is 525 g/mol. The van der Waals surface area contributed by atoms with Gasteiger partial charge in [0.15, 0.2) is 0 Å². The van der Waals surface area contributed by atoms with Crippen molar-refractivity contribution in [2.75, 3.05) is 38.1 Å². The highest BCUT2D eigenvalue weighted by molar-refractivity contribution is 7.19. The Labute approximate surface area is 216 Å². The molecule has 0 atom stereocenters. The summed E-state index contributed by atoms with van der Waals surface area (Å²) < 4.78 is 6.92. The molecular formula is C25H25ClN6O3S. The van der Waals surface area contributed by atoms with Crippen molar-refractivity contribution in [1.82, 2.24) is 24.4 Å². The number of benzene rings is 2. The third-order valence-corrected chi connectivity index (χ3v) is 7.04. The van der Waals surface area contributed by atoms with E-state index < -0.39 is 0 Å². The second-order valence-corrected chi connectivity index (χ2v) is 9.71. The molecular weight excluding hydrogens is 500 g/mol. The lowest BCUT2D eigenvalue weighted by molar-refractivity contribution is 0.142. The summed E-state index contributed by atoms with van der Waals surface area (Å²) in [5.74, 6) is 0.654. The fourth-order valence-electron chi connectivity index (χ4n) is 4.06. The van der Waals surface area contributed by atoms with Crippen LogP contribution in [0.25, 0.3) is 15.5 Å². The second-order valence-electron chi connectivity index (χ2n) is 8.32. The summed E-state index contributed by atoms with van der Waals surface area (Å²) in [6.45, 7) is 5.46. The number of carbonyl (C=O) groups is 1. The van der Waals surface area contributed by atoms with Crippen LogP contribution in [0.15, 0.2) is 59.4 Å². The SMILES string of the molecule is CCOc1ccccc1NC(=O)N1CCN(Cc2cc(=O)n3nc(-c4cccc(Cl)c4)sc3n2)CC1. The van der Waals surface area contributed by atoms with Gasteiger partial charge in [-0.05, 0) is 31.2 Å². The Morgan fingerprint density at radius 1 is 1.11 bits per heavy atom. The van der Waals surface area contributed by atoms with Gasteiger partial charge in [0.05, 0.1) is 18.0 Å². The normalized spacial score (nSPS) is 14.2.